The van der Waals surface area contributed by atoms with Gasteiger partial charge in [-0.25, -0.2) is 0 Å². The van der Waals surface area contributed by atoms with Crippen LogP contribution in [0.1, 0.15) is 17.2 Å². The van der Waals surface area contributed by atoms with Gasteiger partial charge in [0.05, 0.1) is 6.04 Å². The Morgan fingerprint density at radius 3 is 2.44 bits per heavy atom. The average molecular weight is 233 g/mol. The maximum Gasteiger partial charge on any atom is 0.0589 e. The predicted octanol–water partition coefficient (Wildman–Crippen LogP) is 3.04. The van der Waals surface area contributed by atoms with E-state index in [1.54, 1.807) is 6.20 Å². The van der Waals surface area contributed by atoms with Crippen molar-refractivity contribution < 1.29 is 0 Å². The first-order valence-electron chi connectivity index (χ1n) is 5.14. The van der Waals surface area contributed by atoms with E-state index in [1.165, 1.54) is 5.56 Å². The molecule has 1 aromatic carbocycles. The van der Waals surface area contributed by atoms with Gasteiger partial charge in [-0.15, -0.1) is 0 Å². The monoisotopic (exact) mass is 232 g/mol. The summed E-state index contributed by atoms with van der Waals surface area (Å²) in [5.74, 6) is 0. The van der Waals surface area contributed by atoms with Gasteiger partial charge in [0.15, 0.2) is 0 Å². The van der Waals surface area contributed by atoms with Gasteiger partial charge in [0.2, 0.25) is 0 Å². The second-order valence-electron chi connectivity index (χ2n) is 3.56. The smallest absolute Gasteiger partial charge is 0.0589 e. The summed E-state index contributed by atoms with van der Waals surface area (Å²) >= 11 is 5.87. The minimum absolute atomic E-state index is 0.158. The van der Waals surface area contributed by atoms with Gasteiger partial charge in [-0.3, -0.25) is 4.98 Å². The van der Waals surface area contributed by atoms with Crippen LogP contribution in [-0.4, -0.2) is 12.0 Å². The Hall–Kier alpha value is -1.38. The summed E-state index contributed by atoms with van der Waals surface area (Å²) in [7, 11) is 1.94. The Morgan fingerprint density at radius 2 is 1.88 bits per heavy atom. The Bertz CT molecular complexity index is 439. The second kappa shape index (κ2) is 5.10. The minimum atomic E-state index is 0.158. The van der Waals surface area contributed by atoms with E-state index >= 15 is 0 Å². The molecule has 0 amide bonds. The molecule has 0 saturated carbocycles. The van der Waals surface area contributed by atoms with Crippen LogP contribution in [0.3, 0.4) is 0 Å². The maximum absolute atomic E-state index is 5.87. The van der Waals surface area contributed by atoms with E-state index in [4.69, 9.17) is 11.6 Å². The van der Waals surface area contributed by atoms with E-state index in [1.807, 2.05) is 43.6 Å². The highest BCUT2D eigenvalue weighted by molar-refractivity contribution is 6.30. The van der Waals surface area contributed by atoms with Crippen LogP contribution >= 0.6 is 11.6 Å². The minimum Gasteiger partial charge on any atom is -0.309 e. The van der Waals surface area contributed by atoms with Crippen LogP contribution in [0, 0.1) is 0 Å². The molecule has 2 nitrogen and oxygen atoms in total. The van der Waals surface area contributed by atoms with Crippen molar-refractivity contribution in [3.05, 3.63) is 64.9 Å². The van der Waals surface area contributed by atoms with Crippen molar-refractivity contribution in [2.45, 2.75) is 6.04 Å². The average Bonchev–Trinajstić information content (AvgIpc) is 2.34. The van der Waals surface area contributed by atoms with Gasteiger partial charge in [-0.1, -0.05) is 29.8 Å². The number of nitrogens with zero attached hydrogens (tertiary/aromatic N) is 1. The molecule has 3 heteroatoms. The topological polar surface area (TPSA) is 24.9 Å². The molecule has 2 rings (SSSR count). The third-order valence-corrected chi connectivity index (χ3v) is 2.76. The Morgan fingerprint density at radius 1 is 1.12 bits per heavy atom. The van der Waals surface area contributed by atoms with E-state index in [-0.39, 0.29) is 6.04 Å². The van der Waals surface area contributed by atoms with Crippen molar-refractivity contribution >= 4 is 11.6 Å². The molecule has 0 spiro atoms. The molecule has 1 N–H and O–H groups in total. The van der Waals surface area contributed by atoms with Crippen molar-refractivity contribution in [1.29, 1.82) is 0 Å². The second-order valence-corrected chi connectivity index (χ2v) is 4.00. The largest absolute Gasteiger partial charge is 0.309 e. The van der Waals surface area contributed by atoms with Crippen molar-refractivity contribution in [2.75, 3.05) is 7.05 Å². The molecule has 0 radical (unpaired) electrons. The number of hydrogen-bond donors (Lipinski definition) is 1. The van der Waals surface area contributed by atoms with Gasteiger partial charge in [0, 0.05) is 17.4 Å². The molecule has 1 unspecified atom stereocenters. The maximum atomic E-state index is 5.87. The van der Waals surface area contributed by atoms with Gasteiger partial charge >= 0.3 is 0 Å². The lowest BCUT2D eigenvalue weighted by atomic mass is 10.0. The van der Waals surface area contributed by atoms with Crippen LogP contribution in [0.25, 0.3) is 0 Å². The zero-order valence-corrected chi connectivity index (χ0v) is 9.78. The number of rotatable bonds is 3. The van der Waals surface area contributed by atoms with Crippen molar-refractivity contribution in [2.24, 2.45) is 0 Å². The lowest BCUT2D eigenvalue weighted by molar-refractivity contribution is 0.689. The molecule has 0 saturated heterocycles. The molecular formula is C13H13ClN2. The highest BCUT2D eigenvalue weighted by Gasteiger charge is 2.11. The number of nitrogens with one attached hydrogen (secondary N) is 1. The van der Waals surface area contributed by atoms with Gasteiger partial charge in [0.25, 0.3) is 0 Å². The number of aromatic nitrogens is 1. The van der Waals surface area contributed by atoms with Crippen LogP contribution in [0.2, 0.25) is 5.02 Å². The third-order valence-electron chi connectivity index (χ3n) is 2.51. The predicted molar refractivity (Wildman–Crippen MR) is 66.6 cm³/mol. The Balaban J connectivity index is 2.33. The van der Waals surface area contributed by atoms with Gasteiger partial charge in [-0.2, -0.15) is 0 Å². The molecule has 1 heterocycles. The summed E-state index contributed by atoms with van der Waals surface area (Å²) in [6, 6.07) is 12.0. The zero-order chi connectivity index (χ0) is 11.4. The van der Waals surface area contributed by atoms with Crippen molar-refractivity contribution in [3.8, 4) is 0 Å². The van der Waals surface area contributed by atoms with Gasteiger partial charge < -0.3 is 5.32 Å². The summed E-state index contributed by atoms with van der Waals surface area (Å²) < 4.78 is 0. The number of hydrogen-bond acceptors (Lipinski definition) is 2. The van der Waals surface area contributed by atoms with Crippen molar-refractivity contribution in [1.82, 2.24) is 10.3 Å². The van der Waals surface area contributed by atoms with E-state index in [0.717, 1.165) is 10.6 Å². The van der Waals surface area contributed by atoms with Crippen LogP contribution in [0.5, 0.6) is 0 Å². The third kappa shape index (κ3) is 2.40. The fourth-order valence-electron chi connectivity index (χ4n) is 1.73. The highest BCUT2D eigenvalue weighted by Crippen LogP contribution is 2.22. The van der Waals surface area contributed by atoms with Gasteiger partial charge in [0.1, 0.15) is 0 Å². The summed E-state index contributed by atoms with van der Waals surface area (Å²) in [4.78, 5) is 4.13. The molecule has 1 aromatic heterocycles. The summed E-state index contributed by atoms with van der Waals surface area (Å²) in [6.45, 7) is 0. The molecule has 82 valence electrons. The fourth-order valence-corrected chi connectivity index (χ4v) is 1.85. The molecule has 0 aliphatic heterocycles. The Labute approximate surface area is 100 Å². The van der Waals surface area contributed by atoms with Crippen LogP contribution in [0.15, 0.2) is 48.8 Å². The lowest BCUT2D eigenvalue weighted by Gasteiger charge is -2.16. The van der Waals surface area contributed by atoms with Gasteiger partial charge in [-0.05, 0) is 36.4 Å². The van der Waals surface area contributed by atoms with Crippen LogP contribution < -0.4 is 5.32 Å². The Kier molecular flexibility index (Phi) is 3.54. The zero-order valence-electron chi connectivity index (χ0n) is 9.02. The molecule has 0 bridgehead atoms. The SMILES string of the molecule is CNC(c1ccc(Cl)cc1)c1cccnc1. The normalized spacial score (nSPS) is 12.4. The molecule has 1 atom stereocenters. The van der Waals surface area contributed by atoms with E-state index in [9.17, 15) is 0 Å². The van der Waals surface area contributed by atoms with Crippen molar-refractivity contribution in [3.63, 3.8) is 0 Å². The molecule has 16 heavy (non-hydrogen) atoms. The first-order chi connectivity index (χ1) is 7.81. The van der Waals surface area contributed by atoms with E-state index in [0.29, 0.717) is 0 Å². The summed E-state index contributed by atoms with van der Waals surface area (Å²) in [5.41, 5.74) is 2.33. The number of pyridine rings is 1. The summed E-state index contributed by atoms with van der Waals surface area (Å²) in [5, 5.41) is 4.03. The van der Waals surface area contributed by atoms with E-state index in [2.05, 4.69) is 16.4 Å². The number of halogens is 1. The molecular weight excluding hydrogens is 220 g/mol. The molecule has 0 aliphatic carbocycles. The van der Waals surface area contributed by atoms with Crippen LogP contribution in [0.4, 0.5) is 0 Å². The van der Waals surface area contributed by atoms with E-state index < -0.39 is 0 Å². The molecule has 0 fully saturated rings. The molecule has 0 aliphatic rings. The lowest BCUT2D eigenvalue weighted by Crippen LogP contribution is -2.17. The standard InChI is InChI=1S/C13H13ClN2/c1-15-13(11-3-2-8-16-9-11)10-4-6-12(14)7-5-10/h2-9,13,15H,1H3. The molecule has 2 aromatic rings. The summed E-state index contributed by atoms with van der Waals surface area (Å²) in [6.07, 6.45) is 3.65. The van der Waals surface area contributed by atoms with Crippen LogP contribution in [-0.2, 0) is 0 Å². The quantitative estimate of drug-likeness (QED) is 0.880. The highest BCUT2D eigenvalue weighted by atomic mass is 35.5. The first-order valence-corrected chi connectivity index (χ1v) is 5.51. The fraction of sp³-hybridized carbons (Fsp3) is 0.154. The first kappa shape index (κ1) is 11.1. The number of benzene rings is 1.